The molecule has 0 aromatic carbocycles. The maximum absolute atomic E-state index is 11.7. The Hall–Kier alpha value is -2.30. The fourth-order valence-corrected chi connectivity index (χ4v) is 2.21. The number of aliphatic hydroxyl groups is 1. The van der Waals surface area contributed by atoms with Gasteiger partial charge in [0.15, 0.2) is 0 Å². The molecule has 0 aliphatic carbocycles. The summed E-state index contributed by atoms with van der Waals surface area (Å²) in [5.41, 5.74) is -0.218. The average molecular weight is 277 g/mol. The number of H-pyrrole nitrogens is 2. The molecular weight excluding hydrogens is 266 g/mol. The smallest absolute Gasteiger partial charge is 0.323 e. The highest BCUT2D eigenvalue weighted by atomic mass is 32.1. The van der Waals surface area contributed by atoms with Gasteiger partial charge in [0.25, 0.3) is 5.91 Å². The lowest BCUT2D eigenvalue weighted by Gasteiger charge is -2.00. The monoisotopic (exact) mass is 277 g/mol. The molecule has 0 unspecified atom stereocenters. The van der Waals surface area contributed by atoms with Crippen molar-refractivity contribution in [1.29, 1.82) is 0 Å². The highest BCUT2D eigenvalue weighted by Crippen LogP contribution is 2.15. The number of aliphatic hydroxyl groups excluding tert-OH is 1. The molecule has 0 radical (unpaired) electrons. The van der Waals surface area contributed by atoms with Crippen LogP contribution in [0, 0.1) is 11.8 Å². The second-order valence-corrected chi connectivity index (χ2v) is 4.73. The van der Waals surface area contributed by atoms with E-state index in [1.54, 1.807) is 0 Å². The van der Waals surface area contributed by atoms with Crippen LogP contribution in [0.5, 0.6) is 0 Å². The number of thiophene rings is 1. The van der Waals surface area contributed by atoms with E-state index in [2.05, 4.69) is 27.1 Å². The first-order valence-corrected chi connectivity index (χ1v) is 6.25. The van der Waals surface area contributed by atoms with Crippen LogP contribution in [0.4, 0.5) is 0 Å². The molecule has 0 bridgehead atoms. The molecule has 0 atom stereocenters. The van der Waals surface area contributed by atoms with Crippen LogP contribution in [0.1, 0.15) is 20.2 Å². The van der Waals surface area contributed by atoms with Gasteiger partial charge in [0.05, 0.1) is 11.4 Å². The third-order valence-corrected chi connectivity index (χ3v) is 3.22. The molecule has 4 N–H and O–H groups in total. The molecule has 6 nitrogen and oxygen atoms in total. The maximum atomic E-state index is 11.7. The summed E-state index contributed by atoms with van der Waals surface area (Å²) < 4.78 is 0. The van der Waals surface area contributed by atoms with Gasteiger partial charge in [-0.2, -0.15) is 0 Å². The van der Waals surface area contributed by atoms with Gasteiger partial charge in [-0.3, -0.25) is 4.79 Å². The largest absolute Gasteiger partial charge is 0.384 e. The van der Waals surface area contributed by atoms with Crippen LogP contribution in [0.15, 0.2) is 23.1 Å². The van der Waals surface area contributed by atoms with Crippen LogP contribution in [-0.2, 0) is 6.54 Å². The van der Waals surface area contributed by atoms with Crippen molar-refractivity contribution >= 4 is 17.2 Å². The van der Waals surface area contributed by atoms with E-state index in [0.29, 0.717) is 6.54 Å². The van der Waals surface area contributed by atoms with Crippen molar-refractivity contribution in [3.63, 3.8) is 0 Å². The molecule has 0 saturated heterocycles. The van der Waals surface area contributed by atoms with Crippen molar-refractivity contribution in [2.24, 2.45) is 0 Å². The number of aromatic amines is 2. The van der Waals surface area contributed by atoms with Crippen molar-refractivity contribution in [2.75, 3.05) is 6.61 Å². The van der Waals surface area contributed by atoms with E-state index in [0.717, 1.165) is 9.75 Å². The van der Waals surface area contributed by atoms with Crippen molar-refractivity contribution < 1.29 is 9.90 Å². The number of amides is 1. The molecule has 0 fully saturated rings. The minimum atomic E-state index is -0.414. The normalized spacial score (nSPS) is 9.74. The quantitative estimate of drug-likeness (QED) is 0.596. The zero-order chi connectivity index (χ0) is 13.7. The molecule has 0 spiro atoms. The summed E-state index contributed by atoms with van der Waals surface area (Å²) in [5.74, 6) is 4.99. The second kappa shape index (κ2) is 6.04. The number of imidazole rings is 1. The number of carbonyl (C=O) groups excluding carboxylic acids is 1. The first-order valence-electron chi connectivity index (χ1n) is 5.43. The van der Waals surface area contributed by atoms with E-state index >= 15 is 0 Å². The minimum Gasteiger partial charge on any atom is -0.384 e. The molecule has 2 aromatic rings. The highest BCUT2D eigenvalue weighted by molar-refractivity contribution is 7.12. The van der Waals surface area contributed by atoms with E-state index in [1.807, 2.05) is 12.1 Å². The lowest BCUT2D eigenvalue weighted by Crippen LogP contribution is -2.23. The van der Waals surface area contributed by atoms with Crippen molar-refractivity contribution in [3.8, 4) is 11.8 Å². The van der Waals surface area contributed by atoms with Crippen LogP contribution in [0.25, 0.3) is 0 Å². The third kappa shape index (κ3) is 3.58. The predicted molar refractivity (Wildman–Crippen MR) is 70.9 cm³/mol. The molecule has 2 aromatic heterocycles. The Kier molecular flexibility index (Phi) is 4.18. The van der Waals surface area contributed by atoms with Gasteiger partial charge in [-0.05, 0) is 12.1 Å². The number of hydrogen-bond donors (Lipinski definition) is 4. The van der Waals surface area contributed by atoms with Crippen LogP contribution in [0.2, 0.25) is 0 Å². The van der Waals surface area contributed by atoms with E-state index in [-0.39, 0.29) is 18.2 Å². The van der Waals surface area contributed by atoms with Gasteiger partial charge in [0, 0.05) is 11.1 Å². The molecule has 7 heteroatoms. The fourth-order valence-electron chi connectivity index (χ4n) is 1.38. The molecule has 0 aliphatic rings. The summed E-state index contributed by atoms with van der Waals surface area (Å²) in [4.78, 5) is 29.0. The van der Waals surface area contributed by atoms with Gasteiger partial charge >= 0.3 is 5.69 Å². The van der Waals surface area contributed by atoms with Gasteiger partial charge in [-0.1, -0.05) is 11.8 Å². The number of nitrogens with one attached hydrogen (secondary N) is 3. The average Bonchev–Trinajstić information content (AvgIpc) is 3.02. The lowest BCUT2D eigenvalue weighted by atomic mass is 10.4. The summed E-state index contributed by atoms with van der Waals surface area (Å²) in [7, 11) is 0. The molecule has 98 valence electrons. The Morgan fingerprint density at radius 1 is 1.47 bits per heavy atom. The standard InChI is InChI=1S/C12H11N3O3S/c16-5-1-2-8-3-4-9(19-8)6-13-11(17)10-7-14-12(18)15-10/h3-4,7,16H,5-6H2,(H,13,17)(H2,14,15,18). The Morgan fingerprint density at radius 3 is 3.00 bits per heavy atom. The Balaban J connectivity index is 1.93. The Morgan fingerprint density at radius 2 is 2.32 bits per heavy atom. The molecule has 0 saturated carbocycles. The number of carbonyl (C=O) groups is 1. The van der Waals surface area contributed by atoms with E-state index < -0.39 is 5.69 Å². The maximum Gasteiger partial charge on any atom is 0.323 e. The van der Waals surface area contributed by atoms with Gasteiger partial charge in [-0.25, -0.2) is 4.79 Å². The van der Waals surface area contributed by atoms with Crippen molar-refractivity contribution in [3.05, 3.63) is 44.3 Å². The van der Waals surface area contributed by atoms with E-state index in [1.165, 1.54) is 17.5 Å². The van der Waals surface area contributed by atoms with Crippen LogP contribution < -0.4 is 11.0 Å². The Bertz CT molecular complexity index is 687. The first kappa shape index (κ1) is 13.1. The predicted octanol–water partition coefficient (Wildman–Crippen LogP) is 0.0383. The summed E-state index contributed by atoms with van der Waals surface area (Å²) in [6.07, 6.45) is 1.32. The number of aromatic nitrogens is 2. The molecular formula is C12H11N3O3S. The van der Waals surface area contributed by atoms with E-state index in [4.69, 9.17) is 5.11 Å². The zero-order valence-corrected chi connectivity index (χ0v) is 10.6. The molecule has 2 rings (SSSR count). The Labute approximate surface area is 112 Å². The topological polar surface area (TPSA) is 98.0 Å². The first-order chi connectivity index (χ1) is 9.19. The SMILES string of the molecule is O=C(NCc1ccc(C#CCO)s1)c1c[nH]c(=O)[nH]1. The molecule has 1 amide bonds. The molecule has 2 heterocycles. The summed E-state index contributed by atoms with van der Waals surface area (Å²) in [5, 5.41) is 11.3. The van der Waals surface area contributed by atoms with Crippen molar-refractivity contribution in [2.45, 2.75) is 6.54 Å². The summed E-state index contributed by atoms with van der Waals surface area (Å²) in [6, 6.07) is 3.68. The van der Waals surface area contributed by atoms with E-state index in [9.17, 15) is 9.59 Å². The summed E-state index contributed by atoms with van der Waals surface area (Å²) >= 11 is 1.44. The van der Waals surface area contributed by atoms with Gasteiger partial charge in [0.2, 0.25) is 0 Å². The van der Waals surface area contributed by atoms with Gasteiger partial charge in [0.1, 0.15) is 12.3 Å². The summed E-state index contributed by atoms with van der Waals surface area (Å²) in [6.45, 7) is 0.183. The van der Waals surface area contributed by atoms with Crippen LogP contribution in [0.3, 0.4) is 0 Å². The van der Waals surface area contributed by atoms with Gasteiger partial charge < -0.3 is 20.4 Å². The lowest BCUT2D eigenvalue weighted by molar-refractivity contribution is 0.0946. The van der Waals surface area contributed by atoms with Gasteiger partial charge in [-0.15, -0.1) is 11.3 Å². The third-order valence-electron chi connectivity index (χ3n) is 2.22. The molecule has 0 aliphatic heterocycles. The second-order valence-electron chi connectivity index (χ2n) is 3.57. The van der Waals surface area contributed by atoms with Crippen molar-refractivity contribution in [1.82, 2.24) is 15.3 Å². The van der Waals surface area contributed by atoms with Crippen LogP contribution in [-0.4, -0.2) is 27.6 Å². The number of hydrogen-bond acceptors (Lipinski definition) is 4. The zero-order valence-electron chi connectivity index (χ0n) is 9.82. The molecule has 19 heavy (non-hydrogen) atoms. The fraction of sp³-hybridized carbons (Fsp3) is 0.167. The highest BCUT2D eigenvalue weighted by Gasteiger charge is 2.07. The number of rotatable bonds is 3. The minimum absolute atomic E-state index is 0.176. The van der Waals surface area contributed by atoms with Crippen LogP contribution >= 0.6 is 11.3 Å².